The van der Waals surface area contributed by atoms with Gasteiger partial charge in [0.15, 0.2) is 0 Å². The van der Waals surface area contributed by atoms with Crippen LogP contribution in [-0.2, 0) is 17.1 Å². The molecule has 2 aromatic carbocycles. The molecular formula is C24H25F6N3O8. The summed E-state index contributed by atoms with van der Waals surface area (Å²) < 4.78 is 85.8. The molecule has 11 nitrogen and oxygen atoms in total. The van der Waals surface area contributed by atoms with E-state index in [1.807, 2.05) is 0 Å². The van der Waals surface area contributed by atoms with Gasteiger partial charge in [-0.05, 0) is 32.9 Å². The van der Waals surface area contributed by atoms with Crippen LogP contribution in [0.1, 0.15) is 44.7 Å². The van der Waals surface area contributed by atoms with Gasteiger partial charge < -0.3 is 19.5 Å². The largest absolute Gasteiger partial charge is 0.508 e. The van der Waals surface area contributed by atoms with Crippen molar-refractivity contribution in [1.29, 1.82) is 0 Å². The Labute approximate surface area is 228 Å². The van der Waals surface area contributed by atoms with Gasteiger partial charge in [-0.3, -0.25) is 20.2 Å². The smallest absolute Gasteiger partial charge is 0.416 e. The highest BCUT2D eigenvalue weighted by atomic mass is 19.4. The number of phenols is 1. The highest BCUT2D eigenvalue weighted by Crippen LogP contribution is 2.36. The maximum absolute atomic E-state index is 12.9. The fourth-order valence-corrected chi connectivity index (χ4v) is 3.46. The highest BCUT2D eigenvalue weighted by Gasteiger charge is 2.34. The number of piperidine rings is 1. The van der Waals surface area contributed by atoms with Crippen LogP contribution in [0.15, 0.2) is 36.4 Å². The molecule has 1 aliphatic rings. The molecular weight excluding hydrogens is 572 g/mol. The molecule has 226 valence electrons. The number of nitro groups is 2. The molecule has 0 bridgehead atoms. The lowest BCUT2D eigenvalue weighted by molar-refractivity contribution is -0.385. The third-order valence-electron chi connectivity index (χ3n) is 5.27. The first kappa shape index (κ1) is 32.9. The second kappa shape index (κ2) is 12.5. The predicted octanol–water partition coefficient (Wildman–Crippen LogP) is 6.71. The molecule has 0 aromatic heterocycles. The molecule has 0 aliphatic carbocycles. The molecule has 1 amide bonds. The number of amides is 1. The normalized spacial score (nSPS) is 14.5. The van der Waals surface area contributed by atoms with Gasteiger partial charge in [0.2, 0.25) is 0 Å². The minimum Gasteiger partial charge on any atom is -0.508 e. The molecule has 3 rings (SSSR count). The monoisotopic (exact) mass is 597 g/mol. The van der Waals surface area contributed by atoms with Crippen molar-refractivity contribution in [3.8, 4) is 11.5 Å². The van der Waals surface area contributed by atoms with Crippen molar-refractivity contribution in [2.75, 3.05) is 13.1 Å². The SMILES string of the molecule is CC(C)(C)OC(=O)N1CCC(Oc2cc([N+](=O)[O-])cc(C(F)(F)F)c2)CC1.O=[N+]([O-])c1cc(O)cc(C(F)(F)F)c1. The van der Waals surface area contributed by atoms with Gasteiger partial charge in [0.05, 0.1) is 33.1 Å². The summed E-state index contributed by atoms with van der Waals surface area (Å²) in [6.45, 7) is 5.89. The third-order valence-corrected chi connectivity index (χ3v) is 5.27. The molecule has 1 aliphatic heterocycles. The van der Waals surface area contributed by atoms with Gasteiger partial charge in [0.1, 0.15) is 23.2 Å². The Morgan fingerprint density at radius 2 is 1.32 bits per heavy atom. The molecule has 0 radical (unpaired) electrons. The number of ether oxygens (including phenoxy) is 2. The molecule has 0 saturated carbocycles. The minimum atomic E-state index is -4.72. The highest BCUT2D eigenvalue weighted by molar-refractivity contribution is 5.68. The minimum absolute atomic E-state index is 0.216. The van der Waals surface area contributed by atoms with Crippen molar-refractivity contribution >= 4 is 17.5 Å². The van der Waals surface area contributed by atoms with E-state index in [0.717, 1.165) is 12.1 Å². The van der Waals surface area contributed by atoms with E-state index in [4.69, 9.17) is 14.6 Å². The summed E-state index contributed by atoms with van der Waals surface area (Å²) in [5.41, 5.74) is -4.49. The van der Waals surface area contributed by atoms with Gasteiger partial charge in [-0.2, -0.15) is 26.3 Å². The number of nitro benzene ring substituents is 2. The van der Waals surface area contributed by atoms with E-state index in [1.54, 1.807) is 20.8 Å². The van der Waals surface area contributed by atoms with Crippen LogP contribution in [0.5, 0.6) is 11.5 Å². The molecule has 0 atom stereocenters. The van der Waals surface area contributed by atoms with Gasteiger partial charge in [-0.1, -0.05) is 0 Å². The number of rotatable bonds is 4. The topological polar surface area (TPSA) is 145 Å². The number of phenolic OH excluding ortho intramolecular Hbond substituents is 1. The summed E-state index contributed by atoms with van der Waals surface area (Å²) in [4.78, 5) is 32.7. The molecule has 17 heteroatoms. The molecule has 2 aromatic rings. The van der Waals surface area contributed by atoms with Crippen molar-refractivity contribution in [3.63, 3.8) is 0 Å². The van der Waals surface area contributed by atoms with Gasteiger partial charge in [0.25, 0.3) is 11.4 Å². The number of halogens is 6. The number of aromatic hydroxyl groups is 1. The molecule has 1 saturated heterocycles. The van der Waals surface area contributed by atoms with Crippen molar-refractivity contribution in [1.82, 2.24) is 4.90 Å². The Balaban J connectivity index is 0.000000353. The molecule has 1 N–H and O–H groups in total. The van der Waals surface area contributed by atoms with Gasteiger partial charge in [0, 0.05) is 38.1 Å². The fourth-order valence-electron chi connectivity index (χ4n) is 3.46. The number of nitrogens with zero attached hydrogens (tertiary/aromatic N) is 3. The zero-order valence-corrected chi connectivity index (χ0v) is 21.8. The summed E-state index contributed by atoms with van der Waals surface area (Å²) in [5.74, 6) is -1.00. The van der Waals surface area contributed by atoms with E-state index >= 15 is 0 Å². The molecule has 0 spiro atoms. The fraction of sp³-hybridized carbons (Fsp3) is 0.458. The Kier molecular flexibility index (Phi) is 10.0. The van der Waals surface area contributed by atoms with Crippen LogP contribution in [0.3, 0.4) is 0 Å². The van der Waals surface area contributed by atoms with E-state index in [-0.39, 0.29) is 5.75 Å². The van der Waals surface area contributed by atoms with Crippen molar-refractivity contribution in [2.24, 2.45) is 0 Å². The van der Waals surface area contributed by atoms with E-state index < -0.39 is 68.2 Å². The van der Waals surface area contributed by atoms with Gasteiger partial charge in [-0.25, -0.2) is 4.79 Å². The zero-order chi connectivity index (χ0) is 31.3. The van der Waals surface area contributed by atoms with Gasteiger partial charge in [-0.15, -0.1) is 0 Å². The van der Waals surface area contributed by atoms with E-state index in [2.05, 4.69) is 0 Å². The Morgan fingerprint density at radius 1 is 0.854 bits per heavy atom. The lowest BCUT2D eigenvalue weighted by Gasteiger charge is -2.33. The summed E-state index contributed by atoms with van der Waals surface area (Å²) in [7, 11) is 0. The average molecular weight is 597 g/mol. The second-order valence-corrected chi connectivity index (χ2v) is 9.75. The predicted molar refractivity (Wildman–Crippen MR) is 129 cm³/mol. The van der Waals surface area contributed by atoms with Crippen molar-refractivity contribution in [2.45, 2.75) is 57.7 Å². The Hall–Kier alpha value is -4.31. The lowest BCUT2D eigenvalue weighted by Crippen LogP contribution is -2.44. The van der Waals surface area contributed by atoms with E-state index in [9.17, 15) is 51.4 Å². The summed E-state index contributed by atoms with van der Waals surface area (Å²) in [6.07, 6.45) is -9.58. The van der Waals surface area contributed by atoms with Crippen molar-refractivity contribution in [3.05, 3.63) is 67.8 Å². The maximum Gasteiger partial charge on any atom is 0.416 e. The van der Waals surface area contributed by atoms with Crippen LogP contribution in [0.2, 0.25) is 0 Å². The van der Waals surface area contributed by atoms with Crippen molar-refractivity contribution < 1.29 is 55.6 Å². The number of alkyl halides is 6. The summed E-state index contributed by atoms with van der Waals surface area (Å²) in [5, 5.41) is 29.8. The van der Waals surface area contributed by atoms with Crippen LogP contribution in [0.4, 0.5) is 42.5 Å². The van der Waals surface area contributed by atoms with Crippen LogP contribution in [0, 0.1) is 20.2 Å². The van der Waals surface area contributed by atoms with E-state index in [0.29, 0.717) is 50.2 Å². The zero-order valence-electron chi connectivity index (χ0n) is 21.8. The van der Waals surface area contributed by atoms with Crippen LogP contribution in [-0.4, -0.2) is 50.7 Å². The number of carbonyl (C=O) groups excluding carboxylic acids is 1. The number of likely N-dealkylation sites (tertiary alicyclic amines) is 1. The average Bonchev–Trinajstić information content (AvgIpc) is 2.82. The summed E-state index contributed by atoms with van der Waals surface area (Å²) >= 11 is 0. The van der Waals surface area contributed by atoms with Crippen LogP contribution < -0.4 is 4.74 Å². The van der Waals surface area contributed by atoms with Crippen LogP contribution >= 0.6 is 0 Å². The number of hydrogen-bond donors (Lipinski definition) is 1. The third kappa shape index (κ3) is 10.3. The first-order valence-electron chi connectivity index (χ1n) is 11.7. The molecule has 1 heterocycles. The summed E-state index contributed by atoms with van der Waals surface area (Å²) in [6, 6.07) is 3.61. The number of benzene rings is 2. The molecule has 1 fully saturated rings. The number of hydrogen-bond acceptors (Lipinski definition) is 8. The lowest BCUT2D eigenvalue weighted by atomic mass is 10.1. The second-order valence-electron chi connectivity index (χ2n) is 9.75. The standard InChI is InChI=1S/C17H21F3N2O5.C7H4F3NO3/c1-16(2,3)27-15(23)21-6-4-13(5-7-21)26-14-9-11(17(18,19)20)8-12(10-14)22(24)25;8-7(9,10)4-1-5(11(13)14)3-6(12)2-4/h8-10,13H,4-7H2,1-3H3;1-3,12H. The first-order chi connectivity index (χ1) is 18.7. The first-order valence-corrected chi connectivity index (χ1v) is 11.7. The van der Waals surface area contributed by atoms with E-state index in [1.165, 1.54) is 4.90 Å². The number of non-ortho nitro benzene ring substituents is 2. The van der Waals surface area contributed by atoms with Crippen LogP contribution in [0.25, 0.3) is 0 Å². The number of carbonyl (C=O) groups is 1. The quantitative estimate of drug-likeness (QED) is 0.233. The molecule has 0 unspecified atom stereocenters. The Morgan fingerprint density at radius 3 is 1.76 bits per heavy atom. The van der Waals surface area contributed by atoms with Gasteiger partial charge >= 0.3 is 18.4 Å². The molecule has 41 heavy (non-hydrogen) atoms. The Bertz CT molecular complexity index is 1270. The maximum atomic E-state index is 12.9.